The molecule has 1 aliphatic heterocycles. The van der Waals surface area contributed by atoms with Crippen molar-refractivity contribution in [2.75, 3.05) is 19.7 Å². The lowest BCUT2D eigenvalue weighted by Gasteiger charge is -2.08. The number of rotatable bonds is 5. The number of hydrogen-bond acceptors (Lipinski definition) is 2. The number of fused-ring (bicyclic) bond motifs is 1. The van der Waals surface area contributed by atoms with Gasteiger partial charge in [-0.2, -0.15) is 0 Å². The maximum atomic E-state index is 5.86. The van der Waals surface area contributed by atoms with E-state index in [-0.39, 0.29) is 6.10 Å². The Balaban J connectivity index is 1.45. The molecule has 0 bridgehead atoms. The number of ether oxygens (including phenoxy) is 1. The number of aromatic amines is 1. The number of benzene rings is 1. The van der Waals surface area contributed by atoms with E-state index in [1.165, 1.54) is 16.6 Å². The summed E-state index contributed by atoms with van der Waals surface area (Å²) in [5.74, 6) is 0.501. The Hall–Kier alpha value is -2.01. The average Bonchev–Trinajstić information content (AvgIpc) is 3.14. The Bertz CT molecular complexity index is 581. The van der Waals surface area contributed by atoms with Gasteiger partial charge in [-0.1, -0.05) is 18.2 Å². The lowest BCUT2D eigenvalue weighted by atomic mass is 10.2. The van der Waals surface area contributed by atoms with Crippen molar-refractivity contribution in [1.29, 1.82) is 0 Å². The normalized spacial score (nSPS) is 19.2. The first-order valence-electron chi connectivity index (χ1n) is 7.53. The molecule has 0 amide bonds. The van der Waals surface area contributed by atoms with Gasteiger partial charge in [0.25, 0.3) is 0 Å². The molecule has 0 radical (unpaired) electrons. The third-order valence-corrected chi connectivity index (χ3v) is 3.78. The van der Waals surface area contributed by atoms with Crippen molar-refractivity contribution in [3.63, 3.8) is 0 Å². The van der Waals surface area contributed by atoms with Gasteiger partial charge in [-0.05, 0) is 30.4 Å². The van der Waals surface area contributed by atoms with Crippen LogP contribution in [0.1, 0.15) is 18.5 Å². The third kappa shape index (κ3) is 3.76. The molecule has 112 valence electrons. The second kappa shape index (κ2) is 6.63. The molecule has 1 aromatic heterocycles. The van der Waals surface area contributed by atoms with E-state index < -0.39 is 0 Å². The van der Waals surface area contributed by atoms with E-state index in [4.69, 9.17) is 10.5 Å². The number of nitrogens with two attached hydrogens (primary N) is 1. The molecule has 2 heterocycles. The van der Waals surface area contributed by atoms with Gasteiger partial charge in [0, 0.05) is 30.8 Å². The van der Waals surface area contributed by atoms with Crippen LogP contribution in [0.25, 0.3) is 10.9 Å². The molecule has 0 aliphatic carbocycles. The summed E-state index contributed by atoms with van der Waals surface area (Å²) in [6.07, 6.45) is 3.36. The van der Waals surface area contributed by atoms with Gasteiger partial charge in [0.15, 0.2) is 5.96 Å². The van der Waals surface area contributed by atoms with Crippen molar-refractivity contribution in [2.24, 2.45) is 10.7 Å². The molecule has 5 heteroatoms. The van der Waals surface area contributed by atoms with E-state index >= 15 is 0 Å². The summed E-state index contributed by atoms with van der Waals surface area (Å²) in [7, 11) is 0. The Kier molecular flexibility index (Phi) is 4.40. The molecule has 4 N–H and O–H groups in total. The first kappa shape index (κ1) is 13.9. The Morgan fingerprint density at radius 3 is 3.14 bits per heavy atom. The first-order valence-corrected chi connectivity index (χ1v) is 7.53. The Morgan fingerprint density at radius 1 is 1.43 bits per heavy atom. The average molecular weight is 286 g/mol. The summed E-state index contributed by atoms with van der Waals surface area (Å²) >= 11 is 0. The standard InChI is InChI=1S/C16H22N4O/c17-16(19-11-14-5-3-9-21-14)18-8-7-13-10-12-4-1-2-6-15(12)20-13/h1-2,4,6,10,14,20H,3,5,7-9,11H2,(H3,17,18,19). The predicted molar refractivity (Wildman–Crippen MR) is 85.5 cm³/mol. The first-order chi connectivity index (χ1) is 10.3. The minimum absolute atomic E-state index is 0.249. The minimum atomic E-state index is 0.249. The maximum absolute atomic E-state index is 5.86. The highest BCUT2D eigenvalue weighted by atomic mass is 16.5. The van der Waals surface area contributed by atoms with Crippen molar-refractivity contribution in [1.82, 2.24) is 10.3 Å². The zero-order chi connectivity index (χ0) is 14.5. The molecule has 1 saturated heterocycles. The molecular formula is C16H22N4O. The second-order valence-corrected chi connectivity index (χ2v) is 5.42. The van der Waals surface area contributed by atoms with Crippen LogP contribution in [0.3, 0.4) is 0 Å². The second-order valence-electron chi connectivity index (χ2n) is 5.42. The number of hydrogen-bond donors (Lipinski definition) is 3. The zero-order valence-corrected chi connectivity index (χ0v) is 12.1. The van der Waals surface area contributed by atoms with E-state index in [1.54, 1.807) is 0 Å². The van der Waals surface area contributed by atoms with Gasteiger partial charge in [-0.15, -0.1) is 0 Å². The lowest BCUT2D eigenvalue weighted by Crippen LogP contribution is -2.34. The molecule has 1 aliphatic rings. The highest BCUT2D eigenvalue weighted by Gasteiger charge is 2.14. The molecule has 3 rings (SSSR count). The summed E-state index contributed by atoms with van der Waals surface area (Å²) < 4.78 is 5.52. The molecule has 0 saturated carbocycles. The SMILES string of the molecule is NC(=NCC1CCCO1)NCCc1cc2ccccc2[nH]1. The quantitative estimate of drug-likeness (QED) is 0.579. The topological polar surface area (TPSA) is 75.4 Å². The Labute approximate surface area is 124 Å². The summed E-state index contributed by atoms with van der Waals surface area (Å²) in [5, 5.41) is 4.39. The molecule has 5 nitrogen and oxygen atoms in total. The molecule has 0 spiro atoms. The van der Waals surface area contributed by atoms with E-state index in [0.29, 0.717) is 12.5 Å². The van der Waals surface area contributed by atoms with E-state index in [0.717, 1.165) is 32.4 Å². The fourth-order valence-electron chi connectivity index (χ4n) is 2.64. The fourth-order valence-corrected chi connectivity index (χ4v) is 2.64. The highest BCUT2D eigenvalue weighted by molar-refractivity contribution is 5.80. The number of nitrogens with zero attached hydrogens (tertiary/aromatic N) is 1. The van der Waals surface area contributed by atoms with Crippen molar-refractivity contribution in [3.05, 3.63) is 36.0 Å². The number of aromatic nitrogens is 1. The lowest BCUT2D eigenvalue weighted by molar-refractivity contribution is 0.118. The molecule has 1 aromatic carbocycles. The van der Waals surface area contributed by atoms with Crippen LogP contribution in [-0.4, -0.2) is 36.7 Å². The van der Waals surface area contributed by atoms with Gasteiger partial charge in [0.2, 0.25) is 0 Å². The van der Waals surface area contributed by atoms with Crippen LogP contribution in [0.4, 0.5) is 0 Å². The van der Waals surface area contributed by atoms with Crippen LogP contribution in [0, 0.1) is 0 Å². The maximum Gasteiger partial charge on any atom is 0.188 e. The van der Waals surface area contributed by atoms with E-state index in [9.17, 15) is 0 Å². The summed E-state index contributed by atoms with van der Waals surface area (Å²) in [5.41, 5.74) is 8.24. The third-order valence-electron chi connectivity index (χ3n) is 3.78. The molecule has 2 aromatic rings. The van der Waals surface area contributed by atoms with Crippen molar-refractivity contribution in [3.8, 4) is 0 Å². The highest BCUT2D eigenvalue weighted by Crippen LogP contribution is 2.14. The van der Waals surface area contributed by atoms with Gasteiger partial charge in [0.05, 0.1) is 12.6 Å². The number of H-pyrrole nitrogens is 1. The number of nitrogens with one attached hydrogen (secondary N) is 2. The van der Waals surface area contributed by atoms with E-state index in [2.05, 4.69) is 33.5 Å². The van der Waals surface area contributed by atoms with Crippen LogP contribution in [-0.2, 0) is 11.2 Å². The monoisotopic (exact) mass is 286 g/mol. The van der Waals surface area contributed by atoms with Crippen LogP contribution < -0.4 is 11.1 Å². The van der Waals surface area contributed by atoms with Crippen molar-refractivity contribution >= 4 is 16.9 Å². The molecule has 1 atom stereocenters. The van der Waals surface area contributed by atoms with Crippen LogP contribution in [0.2, 0.25) is 0 Å². The number of guanidine groups is 1. The Morgan fingerprint density at radius 2 is 2.33 bits per heavy atom. The summed E-state index contributed by atoms with van der Waals surface area (Å²) in [6, 6.07) is 10.5. The van der Waals surface area contributed by atoms with Gasteiger partial charge in [-0.3, -0.25) is 4.99 Å². The number of para-hydroxylation sites is 1. The smallest absolute Gasteiger partial charge is 0.188 e. The fraction of sp³-hybridized carbons (Fsp3) is 0.438. The molecule has 1 fully saturated rings. The van der Waals surface area contributed by atoms with Crippen LogP contribution in [0.15, 0.2) is 35.3 Å². The number of aliphatic imine (C=N–C) groups is 1. The zero-order valence-electron chi connectivity index (χ0n) is 12.1. The van der Waals surface area contributed by atoms with Gasteiger partial charge >= 0.3 is 0 Å². The molecule has 21 heavy (non-hydrogen) atoms. The van der Waals surface area contributed by atoms with Gasteiger partial charge in [0.1, 0.15) is 0 Å². The van der Waals surface area contributed by atoms with Crippen molar-refractivity contribution in [2.45, 2.75) is 25.4 Å². The largest absolute Gasteiger partial charge is 0.376 e. The summed E-state index contributed by atoms with van der Waals surface area (Å²) in [6.45, 7) is 2.28. The molecular weight excluding hydrogens is 264 g/mol. The minimum Gasteiger partial charge on any atom is -0.376 e. The summed E-state index contributed by atoms with van der Waals surface area (Å²) in [4.78, 5) is 7.73. The molecule has 1 unspecified atom stereocenters. The van der Waals surface area contributed by atoms with Gasteiger partial charge < -0.3 is 20.8 Å². The van der Waals surface area contributed by atoms with Crippen molar-refractivity contribution < 1.29 is 4.74 Å². The predicted octanol–water partition coefficient (Wildman–Crippen LogP) is 1.79. The van der Waals surface area contributed by atoms with Crippen LogP contribution in [0.5, 0.6) is 0 Å². The van der Waals surface area contributed by atoms with Gasteiger partial charge in [-0.25, -0.2) is 0 Å². The van der Waals surface area contributed by atoms with E-state index in [1.807, 2.05) is 12.1 Å². The van der Waals surface area contributed by atoms with Crippen LogP contribution >= 0.6 is 0 Å².